The van der Waals surface area contributed by atoms with Crippen molar-refractivity contribution in [3.8, 4) is 5.75 Å². The maximum Gasteiger partial charge on any atom is 0.214 e. The second-order valence-corrected chi connectivity index (χ2v) is 5.32. The Kier molecular flexibility index (Phi) is 5.68. The van der Waals surface area contributed by atoms with Gasteiger partial charge in [0.05, 0.1) is 19.0 Å². The minimum atomic E-state index is -0.288. The van der Waals surface area contributed by atoms with Crippen LogP contribution in [-0.4, -0.2) is 24.8 Å². The van der Waals surface area contributed by atoms with Crippen molar-refractivity contribution in [1.29, 1.82) is 0 Å². The molecule has 0 unspecified atom stereocenters. The smallest absolute Gasteiger partial charge is 0.214 e. The lowest BCUT2D eigenvalue weighted by molar-refractivity contribution is 0.106. The van der Waals surface area contributed by atoms with Crippen molar-refractivity contribution in [2.75, 3.05) is 12.5 Å². The van der Waals surface area contributed by atoms with E-state index in [0.717, 1.165) is 16.8 Å². The van der Waals surface area contributed by atoms with Crippen LogP contribution in [0.5, 0.6) is 5.75 Å². The Morgan fingerprint density at radius 1 is 1.12 bits per heavy atom. The van der Waals surface area contributed by atoms with Gasteiger partial charge in [-0.15, -0.1) is 0 Å². The molecule has 2 rings (SSSR count). The van der Waals surface area contributed by atoms with Crippen LogP contribution in [0, 0.1) is 13.8 Å². The molecule has 0 fully saturated rings. The first kappa shape index (κ1) is 17.2. The molecule has 3 N–H and O–H groups in total. The van der Waals surface area contributed by atoms with Gasteiger partial charge in [-0.25, -0.2) is 0 Å². The third-order valence-corrected chi connectivity index (χ3v) is 3.31. The maximum atomic E-state index is 12.5. The number of nitrogens with two attached hydrogens (primary N) is 1. The number of nitrogens with zero attached hydrogens (tertiary/aromatic N) is 2. The molecule has 2 aromatic carbocycles. The van der Waals surface area contributed by atoms with E-state index in [1.165, 1.54) is 6.21 Å². The van der Waals surface area contributed by atoms with E-state index in [-0.39, 0.29) is 11.5 Å². The van der Waals surface area contributed by atoms with Gasteiger partial charge in [-0.2, -0.15) is 10.2 Å². The van der Waals surface area contributed by atoms with Crippen LogP contribution in [0.2, 0.25) is 0 Å². The molecule has 0 aliphatic carbocycles. The number of carbonyl (C=O) groups is 1. The average Bonchev–Trinajstić information content (AvgIpc) is 2.57. The third kappa shape index (κ3) is 4.42. The Balaban J connectivity index is 2.25. The first-order valence-corrected chi connectivity index (χ1v) is 7.37. The van der Waals surface area contributed by atoms with E-state index in [9.17, 15) is 4.79 Å². The van der Waals surface area contributed by atoms with Crippen LogP contribution in [-0.2, 0) is 0 Å². The molecule has 0 aromatic heterocycles. The van der Waals surface area contributed by atoms with Gasteiger partial charge in [0.15, 0.2) is 5.71 Å². The standard InChI is InChI=1S/C18H20N4O2/c1-12-8-13(2)10-15(9-12)21-22-17(11-20-19)18(23)14-4-6-16(24-3)7-5-14/h4-11,21H,19H2,1-3H3/b20-11-,22-17+. The van der Waals surface area contributed by atoms with Crippen molar-refractivity contribution in [3.63, 3.8) is 0 Å². The summed E-state index contributed by atoms with van der Waals surface area (Å²) < 4.78 is 5.08. The van der Waals surface area contributed by atoms with Gasteiger partial charge in [-0.05, 0) is 61.4 Å². The second-order valence-electron chi connectivity index (χ2n) is 5.32. The highest BCUT2D eigenvalue weighted by atomic mass is 16.5. The average molecular weight is 324 g/mol. The van der Waals surface area contributed by atoms with Crippen LogP contribution in [0.4, 0.5) is 5.69 Å². The third-order valence-electron chi connectivity index (χ3n) is 3.31. The predicted molar refractivity (Wildman–Crippen MR) is 97.0 cm³/mol. The minimum Gasteiger partial charge on any atom is -0.497 e. The first-order chi connectivity index (χ1) is 11.5. The van der Waals surface area contributed by atoms with Gasteiger partial charge >= 0.3 is 0 Å². The number of Topliss-reactive ketones (excluding diaryl/α,β-unsaturated/α-hetero) is 1. The lowest BCUT2D eigenvalue weighted by Crippen LogP contribution is -2.18. The number of aryl methyl sites for hydroxylation is 2. The van der Waals surface area contributed by atoms with Gasteiger partial charge in [0, 0.05) is 5.56 Å². The summed E-state index contributed by atoms with van der Waals surface area (Å²) in [6.07, 6.45) is 1.22. The van der Waals surface area contributed by atoms with Gasteiger partial charge in [-0.3, -0.25) is 10.2 Å². The summed E-state index contributed by atoms with van der Waals surface area (Å²) in [6, 6.07) is 12.7. The van der Waals surface area contributed by atoms with Crippen LogP contribution >= 0.6 is 0 Å². The molecule has 0 heterocycles. The molecular formula is C18H20N4O2. The number of benzene rings is 2. The van der Waals surface area contributed by atoms with E-state index >= 15 is 0 Å². The largest absolute Gasteiger partial charge is 0.497 e. The molecule has 6 heteroatoms. The van der Waals surface area contributed by atoms with Crippen LogP contribution in [0.15, 0.2) is 52.7 Å². The number of methoxy groups -OCH3 is 1. The number of ether oxygens (including phenoxy) is 1. The molecule has 0 saturated carbocycles. The van der Waals surface area contributed by atoms with E-state index in [1.807, 2.05) is 26.0 Å². The molecular weight excluding hydrogens is 304 g/mol. The molecule has 0 atom stereocenters. The SMILES string of the molecule is COc1ccc(C(=O)C(/C=N\N)=N/Nc2cc(C)cc(C)c2)cc1. The Morgan fingerprint density at radius 2 is 1.75 bits per heavy atom. The quantitative estimate of drug-likeness (QED) is 0.370. The van der Waals surface area contributed by atoms with Crippen LogP contribution in [0.3, 0.4) is 0 Å². The summed E-state index contributed by atoms with van der Waals surface area (Å²) in [7, 11) is 1.57. The van der Waals surface area contributed by atoms with E-state index in [4.69, 9.17) is 10.6 Å². The summed E-state index contributed by atoms with van der Waals surface area (Å²) in [4.78, 5) is 12.5. The Bertz CT molecular complexity index is 760. The lowest BCUT2D eigenvalue weighted by Gasteiger charge is -2.06. The van der Waals surface area contributed by atoms with Gasteiger partial charge in [0.2, 0.25) is 5.78 Å². The van der Waals surface area contributed by atoms with Crippen molar-refractivity contribution in [3.05, 3.63) is 59.2 Å². The van der Waals surface area contributed by atoms with E-state index in [0.29, 0.717) is 11.3 Å². The summed E-state index contributed by atoms with van der Waals surface area (Å²) in [5, 5.41) is 7.56. The lowest BCUT2D eigenvalue weighted by atomic mass is 10.1. The maximum absolute atomic E-state index is 12.5. The van der Waals surface area contributed by atoms with Crippen molar-refractivity contribution >= 4 is 23.4 Å². The van der Waals surface area contributed by atoms with E-state index in [2.05, 4.69) is 21.7 Å². The number of nitrogens with one attached hydrogen (secondary N) is 1. The van der Waals surface area contributed by atoms with Crippen LogP contribution in [0.25, 0.3) is 0 Å². The molecule has 0 spiro atoms. The predicted octanol–water partition coefficient (Wildman–Crippen LogP) is 2.91. The fourth-order valence-electron chi connectivity index (χ4n) is 2.26. The molecule has 6 nitrogen and oxygen atoms in total. The summed E-state index contributed by atoms with van der Waals surface area (Å²) in [6.45, 7) is 3.99. The summed E-state index contributed by atoms with van der Waals surface area (Å²) >= 11 is 0. The molecule has 0 aliphatic heterocycles. The molecule has 0 saturated heterocycles. The highest BCUT2D eigenvalue weighted by Gasteiger charge is 2.13. The number of rotatable bonds is 6. The molecule has 24 heavy (non-hydrogen) atoms. The molecule has 0 bridgehead atoms. The molecule has 0 aliphatic rings. The zero-order valence-corrected chi connectivity index (χ0v) is 13.9. The zero-order chi connectivity index (χ0) is 17.5. The van der Waals surface area contributed by atoms with E-state index in [1.54, 1.807) is 31.4 Å². The van der Waals surface area contributed by atoms with Crippen molar-refractivity contribution in [2.45, 2.75) is 13.8 Å². The van der Waals surface area contributed by atoms with Crippen molar-refractivity contribution < 1.29 is 9.53 Å². The van der Waals surface area contributed by atoms with Gasteiger partial charge < -0.3 is 10.6 Å². The van der Waals surface area contributed by atoms with Gasteiger partial charge in [0.25, 0.3) is 0 Å². The van der Waals surface area contributed by atoms with Crippen LogP contribution < -0.4 is 16.0 Å². The fourth-order valence-corrected chi connectivity index (χ4v) is 2.26. The minimum absolute atomic E-state index is 0.113. The number of hydrogen-bond donors (Lipinski definition) is 2. The molecule has 2 aromatic rings. The number of carbonyl (C=O) groups excluding carboxylic acids is 1. The van der Waals surface area contributed by atoms with Gasteiger partial charge in [-0.1, -0.05) is 6.07 Å². The van der Waals surface area contributed by atoms with E-state index < -0.39 is 0 Å². The molecule has 0 amide bonds. The normalized spacial score (nSPS) is 11.5. The Labute approximate surface area is 141 Å². The van der Waals surface area contributed by atoms with Crippen molar-refractivity contribution in [1.82, 2.24) is 0 Å². The topological polar surface area (TPSA) is 89.1 Å². The van der Waals surface area contributed by atoms with Gasteiger partial charge in [0.1, 0.15) is 5.75 Å². The Hall–Kier alpha value is -3.15. The monoisotopic (exact) mass is 324 g/mol. The molecule has 124 valence electrons. The first-order valence-electron chi connectivity index (χ1n) is 7.37. The molecule has 0 radical (unpaired) electrons. The fraction of sp³-hybridized carbons (Fsp3) is 0.167. The number of ketones is 1. The van der Waals surface area contributed by atoms with Crippen LogP contribution in [0.1, 0.15) is 21.5 Å². The highest BCUT2D eigenvalue weighted by Crippen LogP contribution is 2.15. The highest BCUT2D eigenvalue weighted by molar-refractivity contribution is 6.64. The Morgan fingerprint density at radius 3 is 2.29 bits per heavy atom. The zero-order valence-electron chi connectivity index (χ0n) is 13.9. The number of anilines is 1. The summed E-state index contributed by atoms with van der Waals surface area (Å²) in [5.41, 5.74) is 6.45. The number of hydrazone groups is 2. The number of hydrogen-bond acceptors (Lipinski definition) is 6. The summed E-state index contributed by atoms with van der Waals surface area (Å²) in [5.74, 6) is 5.58. The second kappa shape index (κ2) is 7.92. The van der Waals surface area contributed by atoms with Crippen molar-refractivity contribution in [2.24, 2.45) is 16.0 Å².